The zero-order chi connectivity index (χ0) is 11.8. The standard InChI is InChI=1S/C10H9NO4S.Na/c12-10(16(13,14)15)8-5-1-3-7-4-2-6-11-9(7)8;/h1-6,10,12H,(H,13,14,15);/q;+1/p-1. The first kappa shape index (κ1) is 14.6. The second-order valence-electron chi connectivity index (χ2n) is 3.27. The molecule has 0 bridgehead atoms. The predicted molar refractivity (Wildman–Crippen MR) is 56.4 cm³/mol. The van der Waals surface area contributed by atoms with Crippen LogP contribution >= 0.6 is 0 Å². The number of para-hydroxylation sites is 1. The summed E-state index contributed by atoms with van der Waals surface area (Å²) in [5, 5.41) is 10.1. The Labute approximate surface area is 121 Å². The van der Waals surface area contributed by atoms with Crippen molar-refractivity contribution >= 4 is 21.0 Å². The van der Waals surface area contributed by atoms with Gasteiger partial charge in [-0.15, -0.1) is 0 Å². The zero-order valence-electron chi connectivity index (χ0n) is 9.07. The summed E-state index contributed by atoms with van der Waals surface area (Å²) in [5.74, 6) is 0. The molecular formula is C10H8NNaO4S. The molecule has 2 rings (SSSR count). The van der Waals surface area contributed by atoms with E-state index in [-0.39, 0.29) is 35.1 Å². The Bertz CT molecular complexity index is 624. The molecular weight excluding hydrogens is 253 g/mol. The minimum Gasteiger partial charge on any atom is -0.746 e. The van der Waals surface area contributed by atoms with Crippen LogP contribution in [0, 0.1) is 0 Å². The summed E-state index contributed by atoms with van der Waals surface area (Å²) in [7, 11) is -4.78. The summed E-state index contributed by atoms with van der Waals surface area (Å²) < 4.78 is 32.2. The number of benzene rings is 1. The first-order valence-corrected chi connectivity index (χ1v) is 5.94. The fraction of sp³-hybridized carbons (Fsp3) is 0.100. The molecule has 5 nitrogen and oxygen atoms in total. The SMILES string of the molecule is O=S(=O)([O-])C(O)c1cccc2cccnc12.[Na+]. The van der Waals surface area contributed by atoms with Gasteiger partial charge in [-0.05, 0) is 6.07 Å². The van der Waals surface area contributed by atoms with E-state index in [0.29, 0.717) is 10.9 Å². The van der Waals surface area contributed by atoms with Crippen LogP contribution < -0.4 is 29.6 Å². The van der Waals surface area contributed by atoms with Gasteiger partial charge in [0.15, 0.2) is 5.44 Å². The van der Waals surface area contributed by atoms with E-state index in [1.54, 1.807) is 24.3 Å². The van der Waals surface area contributed by atoms with Crippen LogP contribution in [0.5, 0.6) is 0 Å². The molecule has 1 N–H and O–H groups in total. The van der Waals surface area contributed by atoms with Crippen molar-refractivity contribution in [2.75, 3.05) is 0 Å². The van der Waals surface area contributed by atoms with E-state index in [4.69, 9.17) is 0 Å². The van der Waals surface area contributed by atoms with Crippen molar-refractivity contribution in [3.63, 3.8) is 0 Å². The number of rotatable bonds is 2. The van der Waals surface area contributed by atoms with Gasteiger partial charge in [0.1, 0.15) is 10.1 Å². The van der Waals surface area contributed by atoms with Crippen LogP contribution in [0.2, 0.25) is 0 Å². The Hall–Kier alpha value is -0.500. The van der Waals surface area contributed by atoms with Gasteiger partial charge in [-0.3, -0.25) is 4.98 Å². The topological polar surface area (TPSA) is 90.3 Å². The molecule has 0 radical (unpaired) electrons. The van der Waals surface area contributed by atoms with E-state index in [0.717, 1.165) is 0 Å². The summed E-state index contributed by atoms with van der Waals surface area (Å²) in [4.78, 5) is 3.95. The van der Waals surface area contributed by atoms with Crippen molar-refractivity contribution in [2.45, 2.75) is 5.44 Å². The van der Waals surface area contributed by atoms with Crippen LogP contribution in [0.25, 0.3) is 10.9 Å². The average Bonchev–Trinajstić information content (AvgIpc) is 2.26. The Morgan fingerprint density at radius 1 is 1.24 bits per heavy atom. The molecule has 1 aromatic heterocycles. The number of aliphatic hydroxyl groups excluding tert-OH is 1. The molecule has 0 spiro atoms. The smallest absolute Gasteiger partial charge is 0.746 e. The summed E-state index contributed by atoms with van der Waals surface area (Å²) in [6.07, 6.45) is 1.47. The Balaban J connectivity index is 0.00000144. The number of pyridine rings is 1. The summed E-state index contributed by atoms with van der Waals surface area (Å²) in [5.41, 5.74) is -1.75. The van der Waals surface area contributed by atoms with Gasteiger partial charge in [0.25, 0.3) is 0 Å². The van der Waals surface area contributed by atoms with Gasteiger partial charge in [-0.1, -0.05) is 24.3 Å². The van der Waals surface area contributed by atoms with E-state index in [1.807, 2.05) is 0 Å². The minimum atomic E-state index is -4.78. The predicted octanol–water partition coefficient (Wildman–Crippen LogP) is -2.23. The van der Waals surface area contributed by atoms with Crippen molar-refractivity contribution in [3.8, 4) is 0 Å². The molecule has 1 unspecified atom stereocenters. The number of fused-ring (bicyclic) bond motifs is 1. The maximum absolute atomic E-state index is 10.7. The first-order valence-electron chi connectivity index (χ1n) is 4.46. The Kier molecular flexibility index (Phi) is 4.65. The minimum absolute atomic E-state index is 0. The van der Waals surface area contributed by atoms with Gasteiger partial charge in [0, 0.05) is 17.1 Å². The molecule has 0 aliphatic rings. The van der Waals surface area contributed by atoms with Gasteiger partial charge < -0.3 is 9.66 Å². The van der Waals surface area contributed by atoms with Crippen molar-refractivity contribution in [1.82, 2.24) is 4.98 Å². The van der Waals surface area contributed by atoms with E-state index in [9.17, 15) is 18.1 Å². The first-order chi connectivity index (χ1) is 7.50. The van der Waals surface area contributed by atoms with Crippen molar-refractivity contribution < 1.29 is 47.6 Å². The number of aromatic nitrogens is 1. The number of hydrogen-bond donors (Lipinski definition) is 1. The van der Waals surface area contributed by atoms with Crippen LogP contribution in [0.3, 0.4) is 0 Å². The molecule has 0 aliphatic heterocycles. The maximum atomic E-state index is 10.7. The molecule has 0 aliphatic carbocycles. The third-order valence-corrected chi connectivity index (χ3v) is 3.00. The fourth-order valence-electron chi connectivity index (χ4n) is 1.48. The molecule has 0 saturated heterocycles. The van der Waals surface area contributed by atoms with Crippen molar-refractivity contribution in [1.29, 1.82) is 0 Å². The van der Waals surface area contributed by atoms with E-state index >= 15 is 0 Å². The molecule has 0 amide bonds. The van der Waals surface area contributed by atoms with Gasteiger partial charge in [-0.2, -0.15) is 0 Å². The van der Waals surface area contributed by atoms with Gasteiger partial charge in [0.05, 0.1) is 5.52 Å². The van der Waals surface area contributed by atoms with Crippen LogP contribution in [0.15, 0.2) is 36.5 Å². The van der Waals surface area contributed by atoms with E-state index in [2.05, 4.69) is 4.98 Å². The quantitative estimate of drug-likeness (QED) is 0.488. The molecule has 17 heavy (non-hydrogen) atoms. The average molecular weight is 261 g/mol. The maximum Gasteiger partial charge on any atom is 1.00 e. The monoisotopic (exact) mass is 261 g/mol. The van der Waals surface area contributed by atoms with Gasteiger partial charge in [-0.25, -0.2) is 8.42 Å². The van der Waals surface area contributed by atoms with Crippen molar-refractivity contribution in [2.24, 2.45) is 0 Å². The second kappa shape index (κ2) is 5.43. The molecule has 0 saturated carbocycles. The van der Waals surface area contributed by atoms with E-state index < -0.39 is 15.6 Å². The summed E-state index contributed by atoms with van der Waals surface area (Å²) in [6.45, 7) is 0. The van der Waals surface area contributed by atoms with Gasteiger partial charge in [0.2, 0.25) is 0 Å². The second-order valence-corrected chi connectivity index (χ2v) is 4.70. The Morgan fingerprint density at radius 3 is 2.53 bits per heavy atom. The molecule has 1 atom stereocenters. The third-order valence-electron chi connectivity index (χ3n) is 2.20. The number of aliphatic hydroxyl groups is 1. The normalized spacial score (nSPS) is 13.1. The molecule has 84 valence electrons. The third kappa shape index (κ3) is 3.04. The number of hydrogen-bond acceptors (Lipinski definition) is 5. The van der Waals surface area contributed by atoms with E-state index in [1.165, 1.54) is 12.3 Å². The molecule has 1 heterocycles. The van der Waals surface area contributed by atoms with Crippen LogP contribution in [0.4, 0.5) is 0 Å². The molecule has 2 aromatic rings. The zero-order valence-corrected chi connectivity index (χ0v) is 11.9. The fourth-order valence-corrected chi connectivity index (χ4v) is 1.98. The van der Waals surface area contributed by atoms with Crippen LogP contribution in [0.1, 0.15) is 11.0 Å². The summed E-state index contributed by atoms with van der Waals surface area (Å²) >= 11 is 0. The molecule has 7 heteroatoms. The van der Waals surface area contributed by atoms with Crippen LogP contribution in [-0.4, -0.2) is 23.1 Å². The van der Waals surface area contributed by atoms with Gasteiger partial charge >= 0.3 is 29.6 Å². The Morgan fingerprint density at radius 2 is 1.88 bits per heavy atom. The summed E-state index contributed by atoms with van der Waals surface area (Å²) in [6, 6.07) is 8.05. The molecule has 1 aromatic carbocycles. The largest absolute Gasteiger partial charge is 1.00 e. The van der Waals surface area contributed by atoms with Crippen LogP contribution in [-0.2, 0) is 10.1 Å². The van der Waals surface area contributed by atoms with Crippen molar-refractivity contribution in [3.05, 3.63) is 42.1 Å². The number of nitrogens with zero attached hydrogens (tertiary/aromatic N) is 1. The molecule has 0 fully saturated rings.